The van der Waals surface area contributed by atoms with Gasteiger partial charge in [0.25, 0.3) is 0 Å². The van der Waals surface area contributed by atoms with Gasteiger partial charge < -0.3 is 5.11 Å². The molecular formula is C38H69O4P. The van der Waals surface area contributed by atoms with Crippen molar-refractivity contribution in [1.29, 1.82) is 0 Å². The molecule has 43 heavy (non-hydrogen) atoms. The quantitative estimate of drug-likeness (QED) is 0.0441. The predicted molar refractivity (Wildman–Crippen MR) is 188 cm³/mol. The first-order valence-electron chi connectivity index (χ1n) is 18.4. The van der Waals surface area contributed by atoms with E-state index in [1.54, 1.807) is 0 Å². The molecule has 1 N–H and O–H groups in total. The molecule has 0 aliphatic heterocycles. The normalized spacial score (nSPS) is 11.8. The van der Waals surface area contributed by atoms with Crippen molar-refractivity contribution >= 4 is 24.9 Å². The molecule has 0 aromatic carbocycles. The molecule has 0 aromatic heterocycles. The van der Waals surface area contributed by atoms with E-state index in [0.717, 1.165) is 64.2 Å². The molecule has 0 spiro atoms. The van der Waals surface area contributed by atoms with Crippen LogP contribution in [-0.4, -0.2) is 28.3 Å². The minimum atomic E-state index is -1.70. The molecule has 250 valence electrons. The van der Waals surface area contributed by atoms with E-state index in [-0.39, 0.29) is 17.2 Å². The van der Waals surface area contributed by atoms with E-state index in [2.05, 4.69) is 38.2 Å². The third kappa shape index (κ3) is 30.5. The molecule has 0 rings (SSSR count). The maximum atomic E-state index is 12.7. The smallest absolute Gasteiger partial charge is 0.308 e. The number of carboxylic acids is 1. The summed E-state index contributed by atoms with van der Waals surface area (Å²) in [6.07, 6.45) is 40.9. The Kier molecular flexibility index (Phi) is 32.6. The fourth-order valence-corrected chi connectivity index (χ4v) is 7.17. The Morgan fingerprint density at radius 2 is 0.721 bits per heavy atom. The van der Waals surface area contributed by atoms with Gasteiger partial charge in [-0.25, -0.2) is 0 Å². The number of aliphatic carboxylic acids is 1. The Labute approximate surface area is 268 Å². The zero-order valence-corrected chi connectivity index (χ0v) is 29.3. The van der Waals surface area contributed by atoms with Gasteiger partial charge >= 0.3 is 5.97 Å². The zero-order valence-electron chi connectivity index (χ0n) is 28.4. The van der Waals surface area contributed by atoms with Crippen LogP contribution in [0.1, 0.15) is 194 Å². The van der Waals surface area contributed by atoms with Crippen molar-refractivity contribution in [1.82, 2.24) is 0 Å². The number of carboxylic acid groups (broad SMARTS) is 1. The van der Waals surface area contributed by atoms with Crippen LogP contribution in [0, 0.1) is 0 Å². The summed E-state index contributed by atoms with van der Waals surface area (Å²) in [5, 5.41) is 9.29. The van der Waals surface area contributed by atoms with Crippen LogP contribution in [0.2, 0.25) is 0 Å². The van der Waals surface area contributed by atoms with Crippen LogP contribution >= 0.6 is 7.92 Å². The molecule has 0 heterocycles. The highest BCUT2D eigenvalue weighted by atomic mass is 31.1. The van der Waals surface area contributed by atoms with Crippen LogP contribution in [0.4, 0.5) is 0 Å². The second kappa shape index (κ2) is 33.6. The third-order valence-corrected chi connectivity index (χ3v) is 10.4. The van der Waals surface area contributed by atoms with Crippen LogP contribution in [0.25, 0.3) is 0 Å². The fourth-order valence-electron chi connectivity index (χ4n) is 5.41. The number of carbonyl (C=O) groups is 3. The van der Waals surface area contributed by atoms with Crippen LogP contribution in [0.15, 0.2) is 24.3 Å². The number of allylic oxidation sites excluding steroid dienone is 4. The van der Waals surface area contributed by atoms with Crippen molar-refractivity contribution in [3.63, 3.8) is 0 Å². The largest absolute Gasteiger partial charge is 0.481 e. The Hall–Kier alpha value is -1.28. The van der Waals surface area contributed by atoms with E-state index in [1.165, 1.54) is 103 Å². The molecule has 0 aliphatic carbocycles. The Morgan fingerprint density at radius 1 is 0.442 bits per heavy atom. The van der Waals surface area contributed by atoms with Crippen molar-refractivity contribution in [3.8, 4) is 0 Å². The van der Waals surface area contributed by atoms with Crippen LogP contribution in [-0.2, 0) is 14.4 Å². The zero-order chi connectivity index (χ0) is 31.6. The molecule has 0 radical (unpaired) electrons. The molecule has 0 amide bonds. The van der Waals surface area contributed by atoms with E-state index in [0.29, 0.717) is 12.8 Å². The molecule has 5 heteroatoms. The fraction of sp³-hybridized carbons (Fsp3) is 0.816. The van der Waals surface area contributed by atoms with Crippen molar-refractivity contribution in [2.24, 2.45) is 0 Å². The van der Waals surface area contributed by atoms with Gasteiger partial charge in [0.15, 0.2) is 11.0 Å². The Bertz CT molecular complexity index is 663. The number of unbranched alkanes of at least 4 members (excludes halogenated alkanes) is 22. The number of hydrogen-bond donors (Lipinski definition) is 1. The van der Waals surface area contributed by atoms with E-state index in [4.69, 9.17) is 0 Å². The second-order valence-corrected chi connectivity index (χ2v) is 14.6. The number of rotatable bonds is 34. The SMILES string of the molecule is CCCCCCCC/C=C\CCCCCCCC(=O)P(CC(=O)O)C(=O)CCCCCCC/C=C\CCCCCCCC. The van der Waals surface area contributed by atoms with Crippen molar-refractivity contribution in [2.75, 3.05) is 6.16 Å². The lowest BCUT2D eigenvalue weighted by molar-refractivity contribution is -0.134. The molecular weight excluding hydrogens is 551 g/mol. The van der Waals surface area contributed by atoms with Gasteiger partial charge in [-0.3, -0.25) is 14.4 Å². The van der Waals surface area contributed by atoms with Crippen LogP contribution < -0.4 is 0 Å². The number of carbonyl (C=O) groups excluding carboxylic acids is 2. The number of hydrogen-bond acceptors (Lipinski definition) is 3. The molecule has 0 saturated heterocycles. The Balaban J connectivity index is 3.86. The van der Waals surface area contributed by atoms with Gasteiger partial charge in [-0.15, -0.1) is 0 Å². The van der Waals surface area contributed by atoms with Crippen molar-refractivity contribution < 1.29 is 19.5 Å². The molecule has 0 aromatic rings. The van der Waals surface area contributed by atoms with Gasteiger partial charge in [0.1, 0.15) is 0 Å². The molecule has 4 nitrogen and oxygen atoms in total. The van der Waals surface area contributed by atoms with E-state index < -0.39 is 13.9 Å². The maximum absolute atomic E-state index is 12.7. The average Bonchev–Trinajstić information content (AvgIpc) is 2.99. The van der Waals surface area contributed by atoms with Gasteiger partial charge in [-0.05, 0) is 64.2 Å². The lowest BCUT2D eigenvalue weighted by Gasteiger charge is -2.13. The highest BCUT2D eigenvalue weighted by Crippen LogP contribution is 2.41. The van der Waals surface area contributed by atoms with E-state index in [1.807, 2.05) is 0 Å². The van der Waals surface area contributed by atoms with Crippen molar-refractivity contribution in [2.45, 2.75) is 194 Å². The Morgan fingerprint density at radius 3 is 1.02 bits per heavy atom. The molecule has 0 fully saturated rings. The molecule has 0 bridgehead atoms. The van der Waals surface area contributed by atoms with Gasteiger partial charge in [0.05, 0.1) is 6.16 Å². The first-order chi connectivity index (χ1) is 21.0. The van der Waals surface area contributed by atoms with Gasteiger partial charge in [-0.1, -0.05) is 141 Å². The summed E-state index contributed by atoms with van der Waals surface area (Å²) in [6, 6.07) is 0. The molecule has 0 atom stereocenters. The monoisotopic (exact) mass is 620 g/mol. The minimum Gasteiger partial charge on any atom is -0.481 e. The summed E-state index contributed by atoms with van der Waals surface area (Å²) in [5.74, 6) is -1.03. The summed E-state index contributed by atoms with van der Waals surface area (Å²) < 4.78 is 0. The predicted octanol–water partition coefficient (Wildman–Crippen LogP) is 12.7. The van der Waals surface area contributed by atoms with Crippen LogP contribution in [0.3, 0.4) is 0 Å². The summed E-state index contributed by atoms with van der Waals surface area (Å²) in [4.78, 5) is 36.8. The van der Waals surface area contributed by atoms with Gasteiger partial charge in [0.2, 0.25) is 0 Å². The summed E-state index contributed by atoms with van der Waals surface area (Å²) in [7, 11) is -1.70. The highest BCUT2D eigenvalue weighted by molar-refractivity contribution is 7.89. The maximum Gasteiger partial charge on any atom is 0.308 e. The lowest BCUT2D eigenvalue weighted by Crippen LogP contribution is -2.13. The standard InChI is InChI=1S/C38H69O4P/c1-3-5-7-9-11-13-15-17-19-21-23-25-27-29-31-33-37(41)43(35-36(39)40)38(42)34-32-30-28-26-24-22-20-18-16-14-12-10-8-6-4-2/h17-20H,3-16,21-35H2,1-2H3,(H,39,40)/b19-17-,20-18-. The lowest BCUT2D eigenvalue weighted by atomic mass is 10.1. The van der Waals surface area contributed by atoms with Gasteiger partial charge in [0, 0.05) is 20.8 Å². The van der Waals surface area contributed by atoms with Gasteiger partial charge in [-0.2, -0.15) is 0 Å². The first-order valence-corrected chi connectivity index (χ1v) is 19.9. The minimum absolute atomic E-state index is 0.104. The molecule has 0 unspecified atom stereocenters. The summed E-state index contributed by atoms with van der Waals surface area (Å²) in [6.45, 7) is 4.51. The third-order valence-electron chi connectivity index (χ3n) is 8.20. The molecule has 0 saturated carbocycles. The summed E-state index contributed by atoms with van der Waals surface area (Å²) in [5.41, 5.74) is -0.208. The van der Waals surface area contributed by atoms with Crippen molar-refractivity contribution in [3.05, 3.63) is 24.3 Å². The first kappa shape index (κ1) is 41.7. The second-order valence-electron chi connectivity index (χ2n) is 12.4. The summed E-state index contributed by atoms with van der Waals surface area (Å²) >= 11 is 0. The van der Waals surface area contributed by atoms with E-state index in [9.17, 15) is 19.5 Å². The van der Waals surface area contributed by atoms with E-state index >= 15 is 0 Å². The highest BCUT2D eigenvalue weighted by Gasteiger charge is 2.27. The topological polar surface area (TPSA) is 71.4 Å². The molecule has 0 aliphatic rings. The average molecular weight is 621 g/mol. The van der Waals surface area contributed by atoms with Crippen LogP contribution in [0.5, 0.6) is 0 Å².